The first-order valence-corrected chi connectivity index (χ1v) is 7.13. The van der Waals surface area contributed by atoms with Crippen LogP contribution in [0.15, 0.2) is 18.3 Å². The molecule has 1 aromatic heterocycles. The highest BCUT2D eigenvalue weighted by atomic mass is 32.1. The van der Waals surface area contributed by atoms with Gasteiger partial charge in [-0.05, 0) is 30.9 Å². The van der Waals surface area contributed by atoms with E-state index in [9.17, 15) is 0 Å². The van der Waals surface area contributed by atoms with Gasteiger partial charge < -0.3 is 11.1 Å². The second kappa shape index (κ2) is 6.14. The van der Waals surface area contributed by atoms with Crippen LogP contribution in [0.5, 0.6) is 0 Å². The Hall–Kier alpha value is -1.16. The van der Waals surface area contributed by atoms with Crippen molar-refractivity contribution >= 4 is 22.9 Å². The standard InChI is InChI=1S/C14H21N3S/c1-2-10-5-3-6-11(9-10)17-12-7-4-8-16-13(12)14(15)18/h4,7-8,10-11,17H,2-3,5-6,9H2,1H3,(H2,15,18). The number of pyridine rings is 1. The van der Waals surface area contributed by atoms with Crippen molar-refractivity contribution in [2.45, 2.75) is 45.1 Å². The molecule has 0 saturated heterocycles. The number of aromatic nitrogens is 1. The van der Waals surface area contributed by atoms with Gasteiger partial charge in [0, 0.05) is 12.2 Å². The van der Waals surface area contributed by atoms with Crippen molar-refractivity contribution < 1.29 is 0 Å². The topological polar surface area (TPSA) is 50.9 Å². The number of nitrogens with two attached hydrogens (primary N) is 1. The number of thiocarbonyl (C=S) groups is 1. The summed E-state index contributed by atoms with van der Waals surface area (Å²) in [5, 5.41) is 3.57. The summed E-state index contributed by atoms with van der Waals surface area (Å²) in [4.78, 5) is 4.62. The fourth-order valence-electron chi connectivity index (χ4n) is 2.73. The third-order valence-corrected chi connectivity index (χ3v) is 3.95. The van der Waals surface area contributed by atoms with Gasteiger partial charge in [0.15, 0.2) is 0 Å². The summed E-state index contributed by atoms with van der Waals surface area (Å²) in [5.41, 5.74) is 7.39. The molecule has 0 aromatic carbocycles. The summed E-state index contributed by atoms with van der Waals surface area (Å²) >= 11 is 5.04. The summed E-state index contributed by atoms with van der Waals surface area (Å²) in [6.45, 7) is 2.28. The molecule has 3 nitrogen and oxygen atoms in total. The maximum atomic E-state index is 5.70. The molecular weight excluding hydrogens is 242 g/mol. The molecule has 0 amide bonds. The maximum absolute atomic E-state index is 5.70. The molecular formula is C14H21N3S. The van der Waals surface area contributed by atoms with Crippen molar-refractivity contribution in [1.29, 1.82) is 0 Å². The lowest BCUT2D eigenvalue weighted by Crippen LogP contribution is -2.28. The van der Waals surface area contributed by atoms with Gasteiger partial charge in [-0.1, -0.05) is 38.4 Å². The Morgan fingerprint density at radius 1 is 1.56 bits per heavy atom. The Balaban J connectivity index is 2.07. The molecule has 2 atom stereocenters. The highest BCUT2D eigenvalue weighted by Crippen LogP contribution is 2.29. The van der Waals surface area contributed by atoms with Crippen LogP contribution in [-0.2, 0) is 0 Å². The highest BCUT2D eigenvalue weighted by molar-refractivity contribution is 7.80. The van der Waals surface area contributed by atoms with Crippen molar-refractivity contribution in [3.8, 4) is 0 Å². The predicted octanol–water partition coefficient (Wildman–Crippen LogP) is 3.10. The van der Waals surface area contributed by atoms with Crippen molar-refractivity contribution in [2.24, 2.45) is 11.7 Å². The predicted molar refractivity (Wildman–Crippen MR) is 79.8 cm³/mol. The third kappa shape index (κ3) is 3.19. The lowest BCUT2D eigenvalue weighted by atomic mass is 9.84. The molecule has 0 radical (unpaired) electrons. The normalized spacial score (nSPS) is 23.6. The van der Waals surface area contributed by atoms with Gasteiger partial charge >= 0.3 is 0 Å². The van der Waals surface area contributed by atoms with E-state index >= 15 is 0 Å². The van der Waals surface area contributed by atoms with Crippen LogP contribution in [0.3, 0.4) is 0 Å². The van der Waals surface area contributed by atoms with E-state index in [0.29, 0.717) is 16.7 Å². The van der Waals surface area contributed by atoms with Crippen LogP contribution in [0.1, 0.15) is 44.7 Å². The van der Waals surface area contributed by atoms with E-state index in [1.54, 1.807) is 6.20 Å². The Labute approximate surface area is 114 Å². The summed E-state index contributed by atoms with van der Waals surface area (Å²) in [7, 11) is 0. The van der Waals surface area contributed by atoms with Crippen molar-refractivity contribution in [3.05, 3.63) is 24.0 Å². The Morgan fingerprint density at radius 3 is 3.11 bits per heavy atom. The van der Waals surface area contributed by atoms with Crippen molar-refractivity contribution in [1.82, 2.24) is 4.98 Å². The SMILES string of the molecule is CCC1CCCC(Nc2cccnc2C(N)=S)C1. The van der Waals surface area contributed by atoms with Gasteiger partial charge in [-0.25, -0.2) is 0 Å². The maximum Gasteiger partial charge on any atom is 0.124 e. The van der Waals surface area contributed by atoms with Crippen LogP contribution in [0, 0.1) is 5.92 Å². The quantitative estimate of drug-likeness (QED) is 0.820. The van der Waals surface area contributed by atoms with Gasteiger partial charge in [0.2, 0.25) is 0 Å². The summed E-state index contributed by atoms with van der Waals surface area (Å²) in [5.74, 6) is 0.848. The minimum atomic E-state index is 0.362. The molecule has 1 heterocycles. The number of nitrogens with one attached hydrogen (secondary N) is 1. The average molecular weight is 263 g/mol. The Morgan fingerprint density at radius 2 is 2.39 bits per heavy atom. The zero-order valence-electron chi connectivity index (χ0n) is 10.9. The second-order valence-electron chi connectivity index (χ2n) is 5.05. The van der Waals surface area contributed by atoms with Crippen LogP contribution >= 0.6 is 12.2 Å². The van der Waals surface area contributed by atoms with Gasteiger partial charge in [-0.3, -0.25) is 4.98 Å². The lowest BCUT2D eigenvalue weighted by molar-refractivity contribution is 0.327. The minimum Gasteiger partial charge on any atom is -0.388 e. The highest BCUT2D eigenvalue weighted by Gasteiger charge is 2.21. The third-order valence-electron chi connectivity index (χ3n) is 3.76. The number of nitrogens with zero attached hydrogens (tertiary/aromatic N) is 1. The smallest absolute Gasteiger partial charge is 0.124 e. The van der Waals surface area contributed by atoms with Crippen LogP contribution < -0.4 is 11.1 Å². The summed E-state index contributed by atoms with van der Waals surface area (Å²) < 4.78 is 0. The van der Waals surface area contributed by atoms with E-state index in [1.807, 2.05) is 12.1 Å². The molecule has 1 saturated carbocycles. The Bertz CT molecular complexity index is 419. The number of hydrogen-bond acceptors (Lipinski definition) is 3. The van der Waals surface area contributed by atoms with Crippen LogP contribution in [-0.4, -0.2) is 16.0 Å². The lowest BCUT2D eigenvalue weighted by Gasteiger charge is -2.30. The average Bonchev–Trinajstić information content (AvgIpc) is 2.39. The van der Waals surface area contributed by atoms with Crippen LogP contribution in [0.4, 0.5) is 5.69 Å². The van der Waals surface area contributed by atoms with Crippen LogP contribution in [0.25, 0.3) is 0 Å². The molecule has 3 N–H and O–H groups in total. The summed E-state index contributed by atoms with van der Waals surface area (Å²) in [6, 6.07) is 4.46. The van der Waals surface area contributed by atoms with Gasteiger partial charge in [0.25, 0.3) is 0 Å². The zero-order chi connectivity index (χ0) is 13.0. The van der Waals surface area contributed by atoms with Gasteiger partial charge in [-0.2, -0.15) is 0 Å². The molecule has 18 heavy (non-hydrogen) atoms. The molecule has 2 rings (SSSR count). The second-order valence-corrected chi connectivity index (χ2v) is 5.49. The zero-order valence-corrected chi connectivity index (χ0v) is 11.7. The molecule has 2 unspecified atom stereocenters. The molecule has 0 aliphatic heterocycles. The minimum absolute atomic E-state index is 0.362. The fourth-order valence-corrected chi connectivity index (χ4v) is 2.89. The monoisotopic (exact) mass is 263 g/mol. The molecule has 1 fully saturated rings. The van der Waals surface area contributed by atoms with Crippen LogP contribution in [0.2, 0.25) is 0 Å². The van der Waals surface area contributed by atoms with E-state index in [1.165, 1.54) is 32.1 Å². The van der Waals surface area contributed by atoms with E-state index < -0.39 is 0 Å². The summed E-state index contributed by atoms with van der Waals surface area (Å²) in [6.07, 6.45) is 8.13. The number of hydrogen-bond donors (Lipinski definition) is 2. The molecule has 1 aromatic rings. The van der Waals surface area contributed by atoms with Crippen molar-refractivity contribution in [2.75, 3.05) is 5.32 Å². The first kappa shape index (κ1) is 13.3. The molecule has 1 aliphatic rings. The first-order chi connectivity index (χ1) is 8.70. The van der Waals surface area contributed by atoms with Gasteiger partial charge in [0.1, 0.15) is 10.7 Å². The van der Waals surface area contributed by atoms with Gasteiger partial charge in [-0.15, -0.1) is 0 Å². The van der Waals surface area contributed by atoms with E-state index in [2.05, 4.69) is 17.2 Å². The Kier molecular flexibility index (Phi) is 4.53. The first-order valence-electron chi connectivity index (χ1n) is 6.72. The molecule has 0 spiro atoms. The molecule has 0 bridgehead atoms. The number of rotatable bonds is 4. The van der Waals surface area contributed by atoms with Gasteiger partial charge in [0.05, 0.1) is 5.69 Å². The molecule has 98 valence electrons. The van der Waals surface area contributed by atoms with E-state index in [4.69, 9.17) is 18.0 Å². The van der Waals surface area contributed by atoms with Crippen molar-refractivity contribution in [3.63, 3.8) is 0 Å². The molecule has 1 aliphatic carbocycles. The fraction of sp³-hybridized carbons (Fsp3) is 0.571. The molecule has 4 heteroatoms. The van der Waals surface area contributed by atoms with E-state index in [0.717, 1.165) is 11.6 Å². The van der Waals surface area contributed by atoms with E-state index in [-0.39, 0.29) is 0 Å². The number of anilines is 1. The largest absolute Gasteiger partial charge is 0.388 e.